The summed E-state index contributed by atoms with van der Waals surface area (Å²) < 4.78 is 1.96. The molecule has 1 aromatic rings. The fraction of sp³-hybridized carbons (Fsp3) is 0.846. The van der Waals surface area contributed by atoms with Gasteiger partial charge in [-0.25, -0.2) is 0 Å². The van der Waals surface area contributed by atoms with Crippen LogP contribution < -0.4 is 5.32 Å². The third kappa shape index (κ3) is 3.53. The van der Waals surface area contributed by atoms with Crippen molar-refractivity contribution in [2.75, 3.05) is 19.6 Å². The lowest BCUT2D eigenvalue weighted by atomic mass is 10.1. The smallest absolute Gasteiger partial charge is 0.0964 e. The fourth-order valence-corrected chi connectivity index (χ4v) is 2.71. The summed E-state index contributed by atoms with van der Waals surface area (Å²) in [6, 6.07) is 0.713. The molecule has 1 N–H and O–H groups in total. The number of hydrogen-bond donors (Lipinski definition) is 1. The molecule has 2 atom stereocenters. The Balaban J connectivity index is 1.77. The molecule has 1 saturated heterocycles. The zero-order chi connectivity index (χ0) is 13.0. The van der Waals surface area contributed by atoms with E-state index in [0.717, 1.165) is 37.8 Å². The molecule has 0 bridgehead atoms. The molecule has 18 heavy (non-hydrogen) atoms. The molecule has 1 aliphatic rings. The van der Waals surface area contributed by atoms with Crippen LogP contribution in [0.15, 0.2) is 6.20 Å². The normalized spacial score (nSPS) is 24.8. The summed E-state index contributed by atoms with van der Waals surface area (Å²) >= 11 is 0. The zero-order valence-electron chi connectivity index (χ0n) is 11.8. The summed E-state index contributed by atoms with van der Waals surface area (Å²) in [5, 5.41) is 11.6. The molecule has 0 amide bonds. The maximum atomic E-state index is 4.17. The van der Waals surface area contributed by atoms with Gasteiger partial charge in [-0.3, -0.25) is 9.58 Å². The number of nitrogens with one attached hydrogen (secondary N) is 1. The van der Waals surface area contributed by atoms with Crippen molar-refractivity contribution >= 4 is 0 Å². The molecule has 5 nitrogen and oxygen atoms in total. The SMILES string of the molecule is CCNCc1cn(CCN2CC(C)CC2C)nn1. The molecule has 0 spiro atoms. The Kier molecular flexibility index (Phi) is 4.72. The van der Waals surface area contributed by atoms with Crippen molar-refractivity contribution < 1.29 is 0 Å². The van der Waals surface area contributed by atoms with E-state index in [1.54, 1.807) is 0 Å². The summed E-state index contributed by atoms with van der Waals surface area (Å²) in [7, 11) is 0. The summed E-state index contributed by atoms with van der Waals surface area (Å²) in [4.78, 5) is 2.55. The van der Waals surface area contributed by atoms with Crippen molar-refractivity contribution in [3.63, 3.8) is 0 Å². The van der Waals surface area contributed by atoms with Crippen LogP contribution in [0.25, 0.3) is 0 Å². The quantitative estimate of drug-likeness (QED) is 0.823. The van der Waals surface area contributed by atoms with Gasteiger partial charge in [0.25, 0.3) is 0 Å². The van der Waals surface area contributed by atoms with Crippen molar-refractivity contribution in [1.29, 1.82) is 0 Å². The first-order valence-electron chi connectivity index (χ1n) is 7.02. The number of rotatable bonds is 6. The molecule has 102 valence electrons. The van der Waals surface area contributed by atoms with Crippen LogP contribution in [-0.4, -0.2) is 45.6 Å². The van der Waals surface area contributed by atoms with E-state index in [1.165, 1.54) is 13.0 Å². The second kappa shape index (κ2) is 6.29. The molecular formula is C13H25N5. The van der Waals surface area contributed by atoms with Crippen LogP contribution in [0.4, 0.5) is 0 Å². The monoisotopic (exact) mass is 251 g/mol. The predicted octanol–water partition coefficient (Wildman–Crippen LogP) is 1.12. The maximum absolute atomic E-state index is 4.17. The Labute approximate surface area is 110 Å². The highest BCUT2D eigenvalue weighted by Crippen LogP contribution is 2.21. The van der Waals surface area contributed by atoms with Gasteiger partial charge in [0.05, 0.1) is 12.2 Å². The Morgan fingerprint density at radius 1 is 1.39 bits per heavy atom. The number of likely N-dealkylation sites (tertiary alicyclic amines) is 1. The summed E-state index contributed by atoms with van der Waals surface area (Å²) in [5.41, 5.74) is 1.03. The molecule has 1 aromatic heterocycles. The third-order valence-corrected chi connectivity index (χ3v) is 3.67. The number of hydrogen-bond acceptors (Lipinski definition) is 4. The first-order chi connectivity index (χ1) is 8.69. The molecular weight excluding hydrogens is 226 g/mol. The van der Waals surface area contributed by atoms with Crippen LogP contribution in [0.5, 0.6) is 0 Å². The lowest BCUT2D eigenvalue weighted by Gasteiger charge is -2.20. The topological polar surface area (TPSA) is 46.0 Å². The van der Waals surface area contributed by atoms with Gasteiger partial charge in [-0.2, -0.15) is 0 Å². The van der Waals surface area contributed by atoms with E-state index in [4.69, 9.17) is 0 Å². The van der Waals surface area contributed by atoms with Gasteiger partial charge in [0.15, 0.2) is 0 Å². The third-order valence-electron chi connectivity index (χ3n) is 3.67. The Bertz CT molecular complexity index is 362. The van der Waals surface area contributed by atoms with E-state index in [-0.39, 0.29) is 0 Å². The largest absolute Gasteiger partial charge is 0.311 e. The van der Waals surface area contributed by atoms with Gasteiger partial charge in [0.2, 0.25) is 0 Å². The Morgan fingerprint density at radius 2 is 2.22 bits per heavy atom. The molecule has 0 radical (unpaired) electrons. The lowest BCUT2D eigenvalue weighted by molar-refractivity contribution is 0.249. The van der Waals surface area contributed by atoms with Gasteiger partial charge in [0, 0.05) is 31.9 Å². The Morgan fingerprint density at radius 3 is 2.89 bits per heavy atom. The Hall–Kier alpha value is -0.940. The first-order valence-corrected chi connectivity index (χ1v) is 7.02. The van der Waals surface area contributed by atoms with E-state index in [1.807, 2.05) is 10.9 Å². The number of aromatic nitrogens is 3. The molecule has 2 unspecified atom stereocenters. The highest BCUT2D eigenvalue weighted by molar-refractivity contribution is 4.91. The van der Waals surface area contributed by atoms with Crippen LogP contribution in [0, 0.1) is 5.92 Å². The molecule has 2 heterocycles. The predicted molar refractivity (Wildman–Crippen MR) is 72.2 cm³/mol. The molecule has 1 fully saturated rings. The molecule has 0 saturated carbocycles. The summed E-state index contributed by atoms with van der Waals surface area (Å²) in [5.74, 6) is 0.833. The zero-order valence-corrected chi connectivity index (χ0v) is 11.8. The average Bonchev–Trinajstić information content (AvgIpc) is 2.91. The van der Waals surface area contributed by atoms with Gasteiger partial charge in [-0.1, -0.05) is 19.1 Å². The van der Waals surface area contributed by atoms with Crippen molar-refractivity contribution in [2.24, 2.45) is 5.92 Å². The van der Waals surface area contributed by atoms with Crippen molar-refractivity contribution in [2.45, 2.75) is 46.3 Å². The second-order valence-electron chi connectivity index (χ2n) is 5.44. The van der Waals surface area contributed by atoms with Crippen molar-refractivity contribution in [3.05, 3.63) is 11.9 Å². The van der Waals surface area contributed by atoms with E-state index in [0.29, 0.717) is 6.04 Å². The highest BCUT2D eigenvalue weighted by Gasteiger charge is 2.25. The molecule has 0 aromatic carbocycles. The van der Waals surface area contributed by atoms with Crippen molar-refractivity contribution in [3.8, 4) is 0 Å². The molecule has 0 aliphatic carbocycles. The van der Waals surface area contributed by atoms with Crippen LogP contribution in [-0.2, 0) is 13.1 Å². The van der Waals surface area contributed by atoms with Gasteiger partial charge in [-0.05, 0) is 25.8 Å². The van der Waals surface area contributed by atoms with E-state index in [9.17, 15) is 0 Å². The maximum Gasteiger partial charge on any atom is 0.0964 e. The van der Waals surface area contributed by atoms with Gasteiger partial charge >= 0.3 is 0 Å². The van der Waals surface area contributed by atoms with E-state index >= 15 is 0 Å². The number of nitrogens with zero attached hydrogens (tertiary/aromatic N) is 4. The average molecular weight is 251 g/mol. The van der Waals surface area contributed by atoms with Gasteiger partial charge in [0.1, 0.15) is 0 Å². The second-order valence-corrected chi connectivity index (χ2v) is 5.44. The standard InChI is InChI=1S/C13H25N5/c1-4-14-8-13-10-18(16-15-13)6-5-17-9-11(2)7-12(17)3/h10-12,14H,4-9H2,1-3H3. The van der Waals surface area contributed by atoms with Crippen LogP contribution in [0.1, 0.15) is 32.9 Å². The summed E-state index contributed by atoms with van der Waals surface area (Å²) in [6.45, 7) is 11.8. The van der Waals surface area contributed by atoms with Crippen LogP contribution >= 0.6 is 0 Å². The van der Waals surface area contributed by atoms with Crippen molar-refractivity contribution in [1.82, 2.24) is 25.2 Å². The van der Waals surface area contributed by atoms with Gasteiger partial charge in [-0.15, -0.1) is 5.10 Å². The molecule has 1 aliphatic heterocycles. The van der Waals surface area contributed by atoms with E-state index < -0.39 is 0 Å². The first kappa shape index (κ1) is 13.5. The lowest BCUT2D eigenvalue weighted by Crippen LogP contribution is -2.30. The van der Waals surface area contributed by atoms with Crippen LogP contribution in [0.2, 0.25) is 0 Å². The fourth-order valence-electron chi connectivity index (χ4n) is 2.71. The molecule has 2 rings (SSSR count). The van der Waals surface area contributed by atoms with Crippen LogP contribution in [0.3, 0.4) is 0 Å². The summed E-state index contributed by atoms with van der Waals surface area (Å²) in [6.07, 6.45) is 3.37. The minimum atomic E-state index is 0.713. The molecule has 5 heteroatoms. The minimum absolute atomic E-state index is 0.713. The highest BCUT2D eigenvalue weighted by atomic mass is 15.4. The van der Waals surface area contributed by atoms with E-state index in [2.05, 4.69) is 41.3 Å². The minimum Gasteiger partial charge on any atom is -0.311 e. The van der Waals surface area contributed by atoms with Gasteiger partial charge < -0.3 is 5.32 Å².